The number of nitrogens with zero attached hydrogens (tertiary/aromatic N) is 1. The molecule has 0 unspecified atom stereocenters. The van der Waals surface area contributed by atoms with Gasteiger partial charge in [-0.15, -0.1) is 0 Å². The van der Waals surface area contributed by atoms with Crippen LogP contribution >= 0.6 is 0 Å². The van der Waals surface area contributed by atoms with E-state index in [9.17, 15) is 9.59 Å². The second-order valence-electron chi connectivity index (χ2n) is 5.82. The number of rotatable bonds is 8. The molecule has 0 heterocycles. The molecule has 0 aliphatic carbocycles. The fraction of sp³-hybridized carbons (Fsp3) is 0.250. The second-order valence-corrected chi connectivity index (χ2v) is 5.82. The second kappa shape index (κ2) is 9.96. The average molecular weight is 369 g/mol. The van der Waals surface area contributed by atoms with Crippen LogP contribution in [0.4, 0.5) is 5.69 Å². The number of benzene rings is 2. The van der Waals surface area contributed by atoms with Crippen LogP contribution in [0.3, 0.4) is 0 Å². The van der Waals surface area contributed by atoms with Gasteiger partial charge in [-0.1, -0.05) is 17.7 Å². The van der Waals surface area contributed by atoms with Crippen molar-refractivity contribution in [3.8, 4) is 11.5 Å². The van der Waals surface area contributed by atoms with E-state index in [2.05, 4.69) is 15.8 Å². The molecule has 0 saturated carbocycles. The van der Waals surface area contributed by atoms with Crippen LogP contribution in [0.5, 0.6) is 11.5 Å². The maximum atomic E-state index is 11.9. The molecule has 0 bridgehead atoms. The largest absolute Gasteiger partial charge is 0.497 e. The van der Waals surface area contributed by atoms with E-state index in [1.54, 1.807) is 25.3 Å². The molecule has 0 radical (unpaired) electrons. The van der Waals surface area contributed by atoms with Crippen molar-refractivity contribution in [1.82, 2.24) is 5.43 Å². The summed E-state index contributed by atoms with van der Waals surface area (Å²) >= 11 is 0. The van der Waals surface area contributed by atoms with Gasteiger partial charge in [-0.05, 0) is 31.2 Å². The summed E-state index contributed by atoms with van der Waals surface area (Å²) in [4.78, 5) is 23.7. The number of carbonyl (C=O) groups excluding carboxylic acids is 2. The number of nitrogens with one attached hydrogen (secondary N) is 2. The number of anilines is 1. The number of hydrogen-bond donors (Lipinski definition) is 2. The highest BCUT2D eigenvalue weighted by Crippen LogP contribution is 2.22. The van der Waals surface area contributed by atoms with Gasteiger partial charge >= 0.3 is 0 Å². The number of hydrazone groups is 1. The van der Waals surface area contributed by atoms with Crippen LogP contribution in [-0.2, 0) is 9.59 Å². The van der Waals surface area contributed by atoms with E-state index in [0.29, 0.717) is 22.7 Å². The summed E-state index contributed by atoms with van der Waals surface area (Å²) in [5.41, 5.74) is 4.91. The predicted molar refractivity (Wildman–Crippen MR) is 104 cm³/mol. The smallest absolute Gasteiger partial charge is 0.240 e. The number of aryl methyl sites for hydroxylation is 1. The summed E-state index contributed by atoms with van der Waals surface area (Å²) in [6, 6.07) is 12.7. The van der Waals surface area contributed by atoms with Crippen molar-refractivity contribution >= 4 is 23.7 Å². The Balaban J connectivity index is 1.79. The SMILES string of the molecule is COc1ccc(C=NNC(=O)CCC(=O)Nc2ccc(C)cc2)c(OC)c1. The van der Waals surface area contributed by atoms with Crippen molar-refractivity contribution in [3.05, 3.63) is 53.6 Å². The third-order valence-corrected chi connectivity index (χ3v) is 3.75. The Morgan fingerprint density at radius 2 is 1.70 bits per heavy atom. The normalized spacial score (nSPS) is 10.5. The molecule has 2 N–H and O–H groups in total. The van der Waals surface area contributed by atoms with Crippen molar-refractivity contribution in [3.63, 3.8) is 0 Å². The summed E-state index contributed by atoms with van der Waals surface area (Å²) in [6.07, 6.45) is 1.58. The molecule has 2 rings (SSSR count). The summed E-state index contributed by atoms with van der Waals surface area (Å²) in [5, 5.41) is 6.65. The highest BCUT2D eigenvalue weighted by atomic mass is 16.5. The van der Waals surface area contributed by atoms with Crippen LogP contribution in [0.15, 0.2) is 47.6 Å². The number of amides is 2. The van der Waals surface area contributed by atoms with E-state index in [1.165, 1.54) is 13.3 Å². The van der Waals surface area contributed by atoms with Crippen molar-refractivity contribution in [2.45, 2.75) is 19.8 Å². The molecule has 27 heavy (non-hydrogen) atoms. The van der Waals surface area contributed by atoms with Crippen LogP contribution < -0.4 is 20.2 Å². The van der Waals surface area contributed by atoms with E-state index < -0.39 is 0 Å². The minimum Gasteiger partial charge on any atom is -0.497 e. The van der Waals surface area contributed by atoms with Gasteiger partial charge < -0.3 is 14.8 Å². The first-order valence-electron chi connectivity index (χ1n) is 8.42. The van der Waals surface area contributed by atoms with Gasteiger partial charge in [-0.2, -0.15) is 5.10 Å². The number of ether oxygens (including phenoxy) is 2. The van der Waals surface area contributed by atoms with Crippen LogP contribution in [0.25, 0.3) is 0 Å². The number of hydrogen-bond acceptors (Lipinski definition) is 5. The molecule has 0 spiro atoms. The van der Waals surface area contributed by atoms with Crippen LogP contribution in [-0.4, -0.2) is 32.2 Å². The number of methoxy groups -OCH3 is 2. The lowest BCUT2D eigenvalue weighted by Gasteiger charge is -2.07. The van der Waals surface area contributed by atoms with Crippen molar-refractivity contribution < 1.29 is 19.1 Å². The lowest BCUT2D eigenvalue weighted by molar-refractivity contribution is -0.124. The first-order chi connectivity index (χ1) is 13.0. The Labute approximate surface area is 158 Å². The Bertz CT molecular complexity index is 816. The molecule has 2 aromatic carbocycles. The molecule has 2 amide bonds. The summed E-state index contributed by atoms with van der Waals surface area (Å²) in [6.45, 7) is 1.97. The van der Waals surface area contributed by atoms with E-state index in [-0.39, 0.29) is 24.7 Å². The average Bonchev–Trinajstić information content (AvgIpc) is 2.68. The zero-order chi connectivity index (χ0) is 19.6. The third-order valence-electron chi connectivity index (χ3n) is 3.75. The summed E-state index contributed by atoms with van der Waals surface area (Å²) in [5.74, 6) is 0.657. The summed E-state index contributed by atoms with van der Waals surface area (Å²) < 4.78 is 10.4. The topological polar surface area (TPSA) is 89.0 Å². The van der Waals surface area contributed by atoms with E-state index in [1.807, 2.05) is 31.2 Å². The van der Waals surface area contributed by atoms with E-state index in [0.717, 1.165) is 5.56 Å². The predicted octanol–water partition coefficient (Wildman–Crippen LogP) is 2.88. The zero-order valence-electron chi connectivity index (χ0n) is 15.6. The lowest BCUT2D eigenvalue weighted by Crippen LogP contribution is -2.20. The van der Waals surface area contributed by atoms with Crippen LogP contribution in [0.2, 0.25) is 0 Å². The van der Waals surface area contributed by atoms with Gasteiger partial charge in [0.25, 0.3) is 0 Å². The minimum atomic E-state index is -0.349. The molecule has 0 fully saturated rings. The Morgan fingerprint density at radius 3 is 2.37 bits per heavy atom. The van der Waals surface area contributed by atoms with Gasteiger partial charge in [0, 0.05) is 30.2 Å². The molecule has 0 aliphatic rings. The zero-order valence-corrected chi connectivity index (χ0v) is 15.6. The molecule has 0 saturated heterocycles. The maximum Gasteiger partial charge on any atom is 0.240 e. The fourth-order valence-corrected chi connectivity index (χ4v) is 2.24. The van der Waals surface area contributed by atoms with Crippen molar-refractivity contribution in [1.29, 1.82) is 0 Å². The molecule has 142 valence electrons. The first-order valence-corrected chi connectivity index (χ1v) is 8.42. The Kier molecular flexibility index (Phi) is 7.37. The number of carbonyl (C=O) groups is 2. The van der Waals surface area contributed by atoms with Gasteiger partial charge in [-0.3, -0.25) is 9.59 Å². The van der Waals surface area contributed by atoms with Crippen LogP contribution in [0.1, 0.15) is 24.0 Å². The standard InChI is InChI=1S/C20H23N3O4/c1-14-4-7-16(8-5-14)22-19(24)10-11-20(25)23-21-13-15-6-9-17(26-2)12-18(15)27-3/h4-9,12-13H,10-11H2,1-3H3,(H,22,24)(H,23,25). The van der Waals surface area contributed by atoms with Crippen molar-refractivity contribution in [2.24, 2.45) is 5.10 Å². The molecule has 7 heteroatoms. The van der Waals surface area contributed by atoms with E-state index in [4.69, 9.17) is 9.47 Å². The molecule has 0 aromatic heterocycles. The third kappa shape index (κ3) is 6.47. The molecule has 0 atom stereocenters. The highest BCUT2D eigenvalue weighted by Gasteiger charge is 2.07. The summed E-state index contributed by atoms with van der Waals surface area (Å²) in [7, 11) is 3.11. The quantitative estimate of drug-likeness (QED) is 0.553. The van der Waals surface area contributed by atoms with Gasteiger partial charge in [0.1, 0.15) is 11.5 Å². The molecular formula is C20H23N3O4. The highest BCUT2D eigenvalue weighted by molar-refractivity contribution is 5.93. The van der Waals surface area contributed by atoms with Gasteiger partial charge in [0.05, 0.1) is 20.4 Å². The van der Waals surface area contributed by atoms with E-state index >= 15 is 0 Å². The molecule has 2 aromatic rings. The van der Waals surface area contributed by atoms with Crippen molar-refractivity contribution in [2.75, 3.05) is 19.5 Å². The monoisotopic (exact) mass is 369 g/mol. The lowest BCUT2D eigenvalue weighted by atomic mass is 10.2. The first kappa shape index (κ1) is 20.0. The van der Waals surface area contributed by atoms with Gasteiger partial charge in [0.15, 0.2) is 0 Å². The van der Waals surface area contributed by atoms with Gasteiger partial charge in [0.2, 0.25) is 11.8 Å². The Hall–Kier alpha value is -3.35. The van der Waals surface area contributed by atoms with Crippen LogP contribution in [0, 0.1) is 6.92 Å². The minimum absolute atomic E-state index is 0.0365. The molecule has 0 aliphatic heterocycles. The maximum absolute atomic E-state index is 11.9. The molecule has 7 nitrogen and oxygen atoms in total. The Morgan fingerprint density at radius 1 is 1.00 bits per heavy atom. The fourth-order valence-electron chi connectivity index (χ4n) is 2.24. The van der Waals surface area contributed by atoms with Gasteiger partial charge in [-0.25, -0.2) is 5.43 Å². The molecular weight excluding hydrogens is 346 g/mol.